The molecule has 12 rings (SSSR count). The van der Waals surface area contributed by atoms with E-state index in [-0.39, 0.29) is 5.41 Å². The third-order valence-corrected chi connectivity index (χ3v) is 14.0. The average molecular weight is 821 g/mol. The van der Waals surface area contributed by atoms with Gasteiger partial charge in [-0.3, -0.25) is 0 Å². The van der Waals surface area contributed by atoms with E-state index in [4.69, 9.17) is 0 Å². The van der Waals surface area contributed by atoms with Crippen LogP contribution in [0, 0.1) is 5.92 Å². The van der Waals surface area contributed by atoms with Gasteiger partial charge < -0.3 is 10.2 Å². The summed E-state index contributed by atoms with van der Waals surface area (Å²) in [5.74, 6) is 0.522. The molecule has 0 saturated carbocycles. The summed E-state index contributed by atoms with van der Waals surface area (Å²) in [5.41, 5.74) is 16.0. The molecule has 2 aliphatic carbocycles. The van der Waals surface area contributed by atoms with Gasteiger partial charge in [-0.05, 0) is 161 Å². The lowest BCUT2D eigenvalue weighted by molar-refractivity contribution is 0.530. The minimum Gasteiger partial charge on any atom is -0.355 e. The predicted molar refractivity (Wildman–Crippen MR) is 275 cm³/mol. The second-order valence-electron chi connectivity index (χ2n) is 18.2. The highest BCUT2D eigenvalue weighted by molar-refractivity contribution is 6.23. The fraction of sp³-hybridized carbons (Fsp3) is 0.0968. The first kappa shape index (κ1) is 38.0. The molecule has 64 heavy (non-hydrogen) atoms. The van der Waals surface area contributed by atoms with Gasteiger partial charge in [0.15, 0.2) is 0 Å². The van der Waals surface area contributed by atoms with Gasteiger partial charge in [-0.25, -0.2) is 0 Å². The van der Waals surface area contributed by atoms with Gasteiger partial charge in [-0.15, -0.1) is 0 Å². The largest absolute Gasteiger partial charge is 0.355 e. The summed E-state index contributed by atoms with van der Waals surface area (Å²) >= 11 is 0. The zero-order valence-corrected chi connectivity index (χ0v) is 36.4. The van der Waals surface area contributed by atoms with E-state index in [9.17, 15) is 0 Å². The van der Waals surface area contributed by atoms with Crippen molar-refractivity contribution >= 4 is 77.1 Å². The van der Waals surface area contributed by atoms with E-state index in [1.165, 1.54) is 82.0 Å². The molecule has 0 spiro atoms. The number of benzene rings is 10. The molecule has 1 N–H and O–H groups in total. The van der Waals surface area contributed by atoms with Crippen molar-refractivity contribution in [3.8, 4) is 22.3 Å². The Labute approximate surface area is 375 Å². The van der Waals surface area contributed by atoms with Gasteiger partial charge in [0.1, 0.15) is 0 Å². The number of hydrogen-bond acceptors (Lipinski definition) is 2. The fourth-order valence-corrected chi connectivity index (χ4v) is 11.0. The summed E-state index contributed by atoms with van der Waals surface area (Å²) in [7, 11) is 0. The molecule has 0 heterocycles. The van der Waals surface area contributed by atoms with Crippen LogP contribution in [0.5, 0.6) is 0 Å². The Morgan fingerprint density at radius 2 is 1.12 bits per heavy atom. The number of para-hydroxylation sites is 1. The van der Waals surface area contributed by atoms with Gasteiger partial charge in [-0.2, -0.15) is 0 Å². The topological polar surface area (TPSA) is 15.3 Å². The molecule has 306 valence electrons. The summed E-state index contributed by atoms with van der Waals surface area (Å²) in [6.45, 7) is 7.21. The highest BCUT2D eigenvalue weighted by Gasteiger charge is 2.40. The van der Waals surface area contributed by atoms with Crippen LogP contribution in [0.1, 0.15) is 38.3 Å². The number of hydrogen-bond donors (Lipinski definition) is 1. The zero-order valence-electron chi connectivity index (χ0n) is 36.4. The number of anilines is 5. The molecule has 0 aliphatic heterocycles. The van der Waals surface area contributed by atoms with Crippen LogP contribution in [-0.2, 0) is 5.41 Å². The minimum atomic E-state index is -0.0553. The van der Waals surface area contributed by atoms with Gasteiger partial charge in [0.25, 0.3) is 0 Å². The maximum Gasteiger partial charge on any atom is 0.0465 e. The van der Waals surface area contributed by atoms with Crippen LogP contribution >= 0.6 is 0 Å². The van der Waals surface area contributed by atoms with Gasteiger partial charge in [0, 0.05) is 39.4 Å². The Morgan fingerprint density at radius 1 is 0.484 bits per heavy atom. The van der Waals surface area contributed by atoms with E-state index in [1.807, 2.05) is 0 Å². The van der Waals surface area contributed by atoms with Crippen molar-refractivity contribution in [3.05, 3.63) is 229 Å². The SMILES string of the molecule is CC1CC=CC2=C1C(C)(C)c1cc(N(c3ccc(Nc4ccccc4-c4cc5ccccc5c5ccc6ccccc6c45)cc3)c3ccc(-c4ccc5ccccc5c4)cc3)ccc12. The Bertz CT molecular complexity index is 3530. The molecular weight excluding hydrogens is 773 g/mol. The lowest BCUT2D eigenvalue weighted by Crippen LogP contribution is -2.22. The van der Waals surface area contributed by atoms with Crippen LogP contribution in [0.4, 0.5) is 28.4 Å². The Morgan fingerprint density at radius 3 is 1.94 bits per heavy atom. The van der Waals surface area contributed by atoms with E-state index in [0.717, 1.165) is 34.9 Å². The Kier molecular flexibility index (Phi) is 8.91. The number of nitrogens with zero attached hydrogens (tertiary/aromatic N) is 1. The standard InChI is InChI=1S/C62H48N2/c1-40-13-12-21-56-53-36-34-50(39-58(53)62(2,3)61(40)56)64(48-30-25-42(26-31-48)45-24-23-41-14-4-5-16-44(41)37-45)49-32-28-47(29-33-49)63-59-22-11-10-20-54(59)57-38-46-17-7-8-18-51(46)55-35-27-43-15-6-9-19-52(43)60(55)57/h4-12,14-40,63H,13H2,1-3H3. The van der Waals surface area contributed by atoms with Crippen LogP contribution < -0.4 is 10.2 Å². The quantitative estimate of drug-likeness (QED) is 0.161. The average Bonchev–Trinajstić information content (AvgIpc) is 3.57. The second-order valence-corrected chi connectivity index (χ2v) is 18.2. The highest BCUT2D eigenvalue weighted by Crippen LogP contribution is 2.53. The van der Waals surface area contributed by atoms with Crippen LogP contribution in [0.3, 0.4) is 0 Å². The van der Waals surface area contributed by atoms with Crippen LogP contribution in [0.2, 0.25) is 0 Å². The van der Waals surface area contributed by atoms with Crippen LogP contribution in [-0.4, -0.2) is 0 Å². The van der Waals surface area contributed by atoms with Gasteiger partial charge in [0.05, 0.1) is 0 Å². The molecule has 0 aromatic heterocycles. The summed E-state index contributed by atoms with van der Waals surface area (Å²) < 4.78 is 0. The van der Waals surface area contributed by atoms with Crippen molar-refractivity contribution < 1.29 is 0 Å². The van der Waals surface area contributed by atoms with Crippen molar-refractivity contribution in [2.24, 2.45) is 5.92 Å². The molecule has 10 aromatic carbocycles. The zero-order chi connectivity index (χ0) is 42.9. The molecule has 0 amide bonds. The first-order valence-electron chi connectivity index (χ1n) is 22.6. The lowest BCUT2D eigenvalue weighted by Gasteiger charge is -2.31. The van der Waals surface area contributed by atoms with E-state index < -0.39 is 0 Å². The molecule has 0 fully saturated rings. The normalized spacial score (nSPS) is 15.2. The minimum absolute atomic E-state index is 0.0553. The molecule has 2 aliphatic rings. The highest BCUT2D eigenvalue weighted by atomic mass is 15.1. The summed E-state index contributed by atoms with van der Waals surface area (Å²) in [6.07, 6.45) is 5.81. The van der Waals surface area contributed by atoms with E-state index in [0.29, 0.717) is 5.92 Å². The van der Waals surface area contributed by atoms with Crippen molar-refractivity contribution in [2.45, 2.75) is 32.6 Å². The van der Waals surface area contributed by atoms with Gasteiger partial charge in [0.2, 0.25) is 0 Å². The van der Waals surface area contributed by atoms with E-state index in [2.05, 4.69) is 243 Å². The number of allylic oxidation sites excluding steroid dienone is 4. The van der Waals surface area contributed by atoms with Gasteiger partial charge >= 0.3 is 0 Å². The maximum atomic E-state index is 3.86. The lowest BCUT2D eigenvalue weighted by atomic mass is 9.74. The van der Waals surface area contributed by atoms with E-state index >= 15 is 0 Å². The summed E-state index contributed by atoms with van der Waals surface area (Å²) in [6, 6.07) is 73.7. The molecule has 0 radical (unpaired) electrons. The molecule has 0 saturated heterocycles. The Hall–Kier alpha value is -7.68. The van der Waals surface area contributed by atoms with Crippen LogP contribution in [0.25, 0.3) is 70.9 Å². The molecule has 10 aromatic rings. The van der Waals surface area contributed by atoms with Crippen molar-refractivity contribution in [3.63, 3.8) is 0 Å². The molecule has 1 atom stereocenters. The molecular formula is C62H48N2. The van der Waals surface area contributed by atoms with Gasteiger partial charge in [-0.1, -0.05) is 166 Å². The number of rotatable bonds is 7. The van der Waals surface area contributed by atoms with Crippen LogP contribution in [0.15, 0.2) is 218 Å². The molecule has 2 nitrogen and oxygen atoms in total. The number of nitrogens with one attached hydrogen (secondary N) is 1. The molecule has 2 heteroatoms. The predicted octanol–water partition coefficient (Wildman–Crippen LogP) is 17.5. The first-order chi connectivity index (χ1) is 31.4. The van der Waals surface area contributed by atoms with Crippen molar-refractivity contribution in [1.29, 1.82) is 0 Å². The third kappa shape index (κ3) is 6.24. The molecule has 1 unspecified atom stereocenters. The monoisotopic (exact) mass is 820 g/mol. The van der Waals surface area contributed by atoms with Crippen molar-refractivity contribution in [2.75, 3.05) is 10.2 Å². The van der Waals surface area contributed by atoms with Crippen molar-refractivity contribution in [1.82, 2.24) is 0 Å². The Balaban J connectivity index is 0.937. The smallest absolute Gasteiger partial charge is 0.0465 e. The molecule has 0 bridgehead atoms. The first-order valence-corrected chi connectivity index (χ1v) is 22.6. The maximum absolute atomic E-state index is 3.86. The summed E-state index contributed by atoms with van der Waals surface area (Å²) in [4.78, 5) is 2.42. The third-order valence-electron chi connectivity index (χ3n) is 14.0. The summed E-state index contributed by atoms with van der Waals surface area (Å²) in [5, 5.41) is 13.9. The number of fused-ring (bicyclic) bond motifs is 8. The fourth-order valence-electron chi connectivity index (χ4n) is 11.0. The second kappa shape index (κ2) is 15.0. The van der Waals surface area contributed by atoms with E-state index in [1.54, 1.807) is 5.57 Å².